The fourth-order valence-corrected chi connectivity index (χ4v) is 1.57. The van der Waals surface area contributed by atoms with Crippen LogP contribution in [0.15, 0.2) is 18.2 Å². The maximum Gasteiger partial charge on any atom is 0.309 e. The summed E-state index contributed by atoms with van der Waals surface area (Å²) in [5, 5.41) is 11.3. The van der Waals surface area contributed by atoms with Crippen molar-refractivity contribution in [2.24, 2.45) is 5.41 Å². The van der Waals surface area contributed by atoms with E-state index in [2.05, 4.69) is 5.32 Å². The van der Waals surface area contributed by atoms with Gasteiger partial charge in [0.1, 0.15) is 5.82 Å². The van der Waals surface area contributed by atoms with Gasteiger partial charge in [0, 0.05) is 7.05 Å². The van der Waals surface area contributed by atoms with Gasteiger partial charge in [-0.1, -0.05) is 6.07 Å². The zero-order valence-corrected chi connectivity index (χ0v) is 10.6. The molecule has 1 rings (SSSR count). The number of hydrogen-bond donors (Lipinski definition) is 2. The molecule has 0 bridgehead atoms. The van der Waals surface area contributed by atoms with Gasteiger partial charge in [-0.3, -0.25) is 9.59 Å². The molecule has 5 heteroatoms. The Morgan fingerprint density at radius 1 is 1.39 bits per heavy atom. The molecule has 0 unspecified atom stereocenters. The average molecular weight is 253 g/mol. The second-order valence-corrected chi connectivity index (χ2v) is 4.76. The summed E-state index contributed by atoms with van der Waals surface area (Å²) in [6.45, 7) is 3.14. The largest absolute Gasteiger partial charge is 0.481 e. The van der Waals surface area contributed by atoms with Crippen LogP contribution in [0.3, 0.4) is 0 Å². The van der Waals surface area contributed by atoms with Crippen molar-refractivity contribution in [1.29, 1.82) is 0 Å². The molecule has 1 amide bonds. The zero-order valence-electron chi connectivity index (χ0n) is 10.6. The van der Waals surface area contributed by atoms with E-state index in [1.54, 1.807) is 19.9 Å². The molecular formula is C13H16FNO3. The van der Waals surface area contributed by atoms with Crippen LogP contribution in [0.2, 0.25) is 0 Å². The third-order valence-electron chi connectivity index (χ3n) is 2.73. The minimum Gasteiger partial charge on any atom is -0.481 e. The Hall–Kier alpha value is -1.91. The highest BCUT2D eigenvalue weighted by Gasteiger charge is 2.27. The molecule has 2 N–H and O–H groups in total. The van der Waals surface area contributed by atoms with Crippen LogP contribution in [-0.2, 0) is 11.2 Å². The summed E-state index contributed by atoms with van der Waals surface area (Å²) in [7, 11) is 1.42. The number of carboxylic acid groups (broad SMARTS) is 1. The lowest BCUT2D eigenvalue weighted by atomic mass is 9.85. The Kier molecular flexibility index (Phi) is 4.06. The summed E-state index contributed by atoms with van der Waals surface area (Å²) in [6.07, 6.45) is 0.202. The highest BCUT2D eigenvalue weighted by atomic mass is 19.1. The van der Waals surface area contributed by atoms with Gasteiger partial charge in [-0.05, 0) is 38.0 Å². The molecule has 0 fully saturated rings. The maximum atomic E-state index is 13.7. The molecule has 0 aliphatic heterocycles. The van der Waals surface area contributed by atoms with E-state index in [1.807, 2.05) is 0 Å². The fraction of sp³-hybridized carbons (Fsp3) is 0.385. The van der Waals surface area contributed by atoms with Crippen molar-refractivity contribution < 1.29 is 19.1 Å². The van der Waals surface area contributed by atoms with Gasteiger partial charge < -0.3 is 10.4 Å². The predicted molar refractivity (Wildman–Crippen MR) is 64.9 cm³/mol. The van der Waals surface area contributed by atoms with Gasteiger partial charge in [0.05, 0.1) is 11.0 Å². The van der Waals surface area contributed by atoms with Crippen LogP contribution in [0.25, 0.3) is 0 Å². The van der Waals surface area contributed by atoms with E-state index in [1.165, 1.54) is 19.2 Å². The first-order valence-corrected chi connectivity index (χ1v) is 5.52. The predicted octanol–water partition coefficient (Wildman–Crippen LogP) is 1.84. The van der Waals surface area contributed by atoms with E-state index in [0.717, 1.165) is 0 Å². The van der Waals surface area contributed by atoms with Crippen molar-refractivity contribution in [3.05, 3.63) is 35.1 Å². The van der Waals surface area contributed by atoms with Gasteiger partial charge in [-0.25, -0.2) is 4.39 Å². The second kappa shape index (κ2) is 5.16. The van der Waals surface area contributed by atoms with Gasteiger partial charge in [0.25, 0.3) is 5.91 Å². The summed E-state index contributed by atoms with van der Waals surface area (Å²) in [4.78, 5) is 22.3. The van der Waals surface area contributed by atoms with Crippen LogP contribution in [0.1, 0.15) is 29.8 Å². The summed E-state index contributed by atoms with van der Waals surface area (Å²) < 4.78 is 13.7. The second-order valence-electron chi connectivity index (χ2n) is 4.76. The van der Waals surface area contributed by atoms with Crippen molar-refractivity contribution in [1.82, 2.24) is 5.32 Å². The van der Waals surface area contributed by atoms with Gasteiger partial charge in [0.2, 0.25) is 0 Å². The first-order valence-electron chi connectivity index (χ1n) is 5.52. The van der Waals surface area contributed by atoms with E-state index < -0.39 is 23.1 Å². The van der Waals surface area contributed by atoms with Crippen LogP contribution >= 0.6 is 0 Å². The SMILES string of the molecule is CNC(=O)c1ccc(CC(C)(C)C(=O)O)cc1F. The number of hydrogen-bond acceptors (Lipinski definition) is 2. The Morgan fingerprint density at radius 2 is 2.00 bits per heavy atom. The van der Waals surface area contributed by atoms with Gasteiger partial charge in [0.15, 0.2) is 0 Å². The number of aliphatic carboxylic acids is 1. The first kappa shape index (κ1) is 14.2. The molecule has 4 nitrogen and oxygen atoms in total. The minimum absolute atomic E-state index is 0.0469. The molecule has 0 aromatic heterocycles. The molecule has 1 aromatic rings. The first-order chi connectivity index (χ1) is 8.27. The molecule has 0 spiro atoms. The minimum atomic E-state index is -0.971. The van der Waals surface area contributed by atoms with E-state index in [9.17, 15) is 14.0 Å². The zero-order chi connectivity index (χ0) is 13.9. The topological polar surface area (TPSA) is 66.4 Å². The molecule has 0 heterocycles. The van der Waals surface area contributed by atoms with Crippen LogP contribution < -0.4 is 5.32 Å². The van der Waals surface area contributed by atoms with E-state index in [-0.39, 0.29) is 12.0 Å². The highest BCUT2D eigenvalue weighted by Crippen LogP contribution is 2.23. The Balaban J connectivity index is 2.99. The maximum absolute atomic E-state index is 13.7. The number of amides is 1. The van der Waals surface area contributed by atoms with Gasteiger partial charge >= 0.3 is 5.97 Å². The number of nitrogens with one attached hydrogen (secondary N) is 1. The van der Waals surface area contributed by atoms with Crippen molar-refractivity contribution in [3.63, 3.8) is 0 Å². The lowest BCUT2D eigenvalue weighted by molar-refractivity contribution is -0.146. The molecule has 0 radical (unpaired) electrons. The van der Waals surface area contributed by atoms with Crippen molar-refractivity contribution in [2.75, 3.05) is 7.05 Å². The highest BCUT2D eigenvalue weighted by molar-refractivity contribution is 5.94. The summed E-state index contributed by atoms with van der Waals surface area (Å²) in [6, 6.07) is 4.13. The molecule has 18 heavy (non-hydrogen) atoms. The third kappa shape index (κ3) is 3.06. The lowest BCUT2D eigenvalue weighted by Gasteiger charge is -2.19. The number of carboxylic acids is 1. The van der Waals surface area contributed by atoms with E-state index >= 15 is 0 Å². The Bertz CT molecular complexity index is 483. The average Bonchev–Trinajstić information content (AvgIpc) is 2.27. The van der Waals surface area contributed by atoms with Crippen LogP contribution in [0, 0.1) is 11.2 Å². The van der Waals surface area contributed by atoms with Crippen LogP contribution in [-0.4, -0.2) is 24.0 Å². The molecule has 0 saturated heterocycles. The molecular weight excluding hydrogens is 237 g/mol. The molecule has 0 saturated carbocycles. The monoisotopic (exact) mass is 253 g/mol. The number of benzene rings is 1. The van der Waals surface area contributed by atoms with Crippen molar-refractivity contribution in [2.45, 2.75) is 20.3 Å². The van der Waals surface area contributed by atoms with Gasteiger partial charge in [-0.15, -0.1) is 0 Å². The molecule has 1 aromatic carbocycles. The lowest BCUT2D eigenvalue weighted by Crippen LogP contribution is -2.26. The molecule has 0 aliphatic carbocycles. The summed E-state index contributed by atoms with van der Waals surface area (Å²) >= 11 is 0. The number of halogens is 1. The third-order valence-corrected chi connectivity index (χ3v) is 2.73. The summed E-state index contributed by atoms with van der Waals surface area (Å²) in [5.74, 6) is -2.09. The standard InChI is InChI=1S/C13H16FNO3/c1-13(2,12(17)18)7-8-4-5-9(10(14)6-8)11(16)15-3/h4-6H,7H2,1-3H3,(H,15,16)(H,17,18). The molecule has 98 valence electrons. The quantitative estimate of drug-likeness (QED) is 0.860. The molecule has 0 aliphatic rings. The number of carbonyl (C=O) groups excluding carboxylic acids is 1. The summed E-state index contributed by atoms with van der Waals surface area (Å²) in [5.41, 5.74) is -0.469. The Morgan fingerprint density at radius 3 is 2.44 bits per heavy atom. The van der Waals surface area contributed by atoms with Crippen LogP contribution in [0.5, 0.6) is 0 Å². The van der Waals surface area contributed by atoms with Gasteiger partial charge in [-0.2, -0.15) is 0 Å². The molecule has 0 atom stereocenters. The van der Waals surface area contributed by atoms with Crippen molar-refractivity contribution >= 4 is 11.9 Å². The van der Waals surface area contributed by atoms with Crippen molar-refractivity contribution in [3.8, 4) is 0 Å². The number of carbonyl (C=O) groups is 2. The smallest absolute Gasteiger partial charge is 0.309 e. The fourth-order valence-electron chi connectivity index (χ4n) is 1.57. The normalized spacial score (nSPS) is 11.1. The number of rotatable bonds is 4. The van der Waals surface area contributed by atoms with E-state index in [0.29, 0.717) is 5.56 Å². The van der Waals surface area contributed by atoms with E-state index in [4.69, 9.17) is 5.11 Å². The van der Waals surface area contributed by atoms with Crippen LogP contribution in [0.4, 0.5) is 4.39 Å². The Labute approximate surface area is 105 Å².